The number of hydrogen-bond donors (Lipinski definition) is 0. The van der Waals surface area contributed by atoms with Crippen molar-refractivity contribution in [2.24, 2.45) is 0 Å². The van der Waals surface area contributed by atoms with E-state index in [1.807, 2.05) is 4.68 Å². The molecule has 1 amide bonds. The molecule has 3 heterocycles. The van der Waals surface area contributed by atoms with Crippen molar-refractivity contribution in [2.45, 2.75) is 25.9 Å². The molecule has 0 saturated heterocycles. The van der Waals surface area contributed by atoms with E-state index in [0.717, 1.165) is 19.4 Å². The number of carbonyl (C=O) groups excluding carboxylic acids is 1. The van der Waals surface area contributed by atoms with Crippen molar-refractivity contribution in [1.29, 1.82) is 0 Å². The fourth-order valence-electron chi connectivity index (χ4n) is 3.39. The minimum Gasteiger partial charge on any atom is -0.482 e. The standard InChI is InChI=1S/C18H16ClN3O3/c1-2-7-20-13-10-12(5-6-14(13)25-11-15(20)23)16-17(19)21-8-3-4-9-22(21)18(16)24/h1,5-6,10H,3-4,7-9,11H2. The fraction of sp³-hybridized carbons (Fsp3) is 0.333. The summed E-state index contributed by atoms with van der Waals surface area (Å²) in [5, 5.41) is 0.427. The number of carbonyl (C=O) groups is 1. The number of fused-ring (bicyclic) bond motifs is 2. The van der Waals surface area contributed by atoms with Crippen molar-refractivity contribution < 1.29 is 9.53 Å². The van der Waals surface area contributed by atoms with Crippen LogP contribution in [0.25, 0.3) is 11.1 Å². The highest BCUT2D eigenvalue weighted by molar-refractivity contribution is 6.32. The maximum absolute atomic E-state index is 12.8. The molecule has 0 aliphatic carbocycles. The van der Waals surface area contributed by atoms with Crippen LogP contribution in [0.5, 0.6) is 5.75 Å². The van der Waals surface area contributed by atoms with Gasteiger partial charge in [-0.05, 0) is 30.5 Å². The predicted molar refractivity (Wildman–Crippen MR) is 95.1 cm³/mol. The van der Waals surface area contributed by atoms with Crippen molar-refractivity contribution in [1.82, 2.24) is 9.36 Å². The third-order valence-electron chi connectivity index (χ3n) is 4.60. The van der Waals surface area contributed by atoms with Crippen LogP contribution in [-0.4, -0.2) is 28.4 Å². The Morgan fingerprint density at radius 1 is 1.20 bits per heavy atom. The summed E-state index contributed by atoms with van der Waals surface area (Å²) in [7, 11) is 0. The van der Waals surface area contributed by atoms with Gasteiger partial charge in [0.05, 0.1) is 17.8 Å². The van der Waals surface area contributed by atoms with Gasteiger partial charge in [0.15, 0.2) is 6.61 Å². The average molecular weight is 358 g/mol. The Morgan fingerprint density at radius 3 is 2.68 bits per heavy atom. The van der Waals surface area contributed by atoms with Gasteiger partial charge in [-0.2, -0.15) is 0 Å². The lowest BCUT2D eigenvalue weighted by Crippen LogP contribution is -2.39. The first-order valence-corrected chi connectivity index (χ1v) is 8.49. The molecule has 0 N–H and O–H groups in total. The van der Waals surface area contributed by atoms with Crippen LogP contribution in [0.1, 0.15) is 12.8 Å². The van der Waals surface area contributed by atoms with Crippen LogP contribution in [0.4, 0.5) is 5.69 Å². The van der Waals surface area contributed by atoms with Gasteiger partial charge in [0.1, 0.15) is 10.9 Å². The third-order valence-corrected chi connectivity index (χ3v) is 4.99. The van der Waals surface area contributed by atoms with Gasteiger partial charge in [-0.25, -0.2) is 4.68 Å². The molecule has 6 nitrogen and oxygen atoms in total. The zero-order valence-corrected chi connectivity index (χ0v) is 14.3. The Hall–Kier alpha value is -2.65. The molecule has 0 atom stereocenters. The van der Waals surface area contributed by atoms with Crippen molar-refractivity contribution in [2.75, 3.05) is 18.1 Å². The summed E-state index contributed by atoms with van der Waals surface area (Å²) in [5.41, 5.74) is 1.56. The zero-order chi connectivity index (χ0) is 17.6. The minimum atomic E-state index is -0.207. The van der Waals surface area contributed by atoms with Crippen LogP contribution in [0, 0.1) is 12.3 Å². The van der Waals surface area contributed by atoms with E-state index in [-0.39, 0.29) is 24.6 Å². The summed E-state index contributed by atoms with van der Waals surface area (Å²) in [6.45, 7) is 1.49. The summed E-state index contributed by atoms with van der Waals surface area (Å²) in [5.74, 6) is 2.85. The van der Waals surface area contributed by atoms with E-state index < -0.39 is 0 Å². The quantitative estimate of drug-likeness (QED) is 0.774. The van der Waals surface area contributed by atoms with Gasteiger partial charge in [0.25, 0.3) is 11.5 Å². The molecule has 0 spiro atoms. The highest BCUT2D eigenvalue weighted by Gasteiger charge is 2.27. The molecule has 4 rings (SSSR count). The Kier molecular flexibility index (Phi) is 3.81. The number of aromatic nitrogens is 2. The molecule has 1 aromatic carbocycles. The van der Waals surface area contributed by atoms with Gasteiger partial charge in [-0.15, -0.1) is 6.42 Å². The summed E-state index contributed by atoms with van der Waals surface area (Å²) in [6, 6.07) is 5.29. The Morgan fingerprint density at radius 2 is 1.96 bits per heavy atom. The SMILES string of the molecule is C#CCN1C(=O)COc2ccc(-c3c(Cl)n4n(c3=O)CCCC4)cc21. The number of rotatable bonds is 2. The van der Waals surface area contributed by atoms with Crippen LogP contribution in [0.2, 0.25) is 5.15 Å². The second-order valence-corrected chi connectivity index (χ2v) is 6.44. The average Bonchev–Trinajstić information content (AvgIpc) is 2.88. The van der Waals surface area contributed by atoms with Crippen LogP contribution >= 0.6 is 11.6 Å². The van der Waals surface area contributed by atoms with Gasteiger partial charge in [0, 0.05) is 13.1 Å². The molecule has 0 fully saturated rings. The fourth-order valence-corrected chi connectivity index (χ4v) is 3.76. The zero-order valence-electron chi connectivity index (χ0n) is 13.5. The van der Waals surface area contributed by atoms with Crippen LogP contribution in [0.3, 0.4) is 0 Å². The van der Waals surface area contributed by atoms with E-state index in [0.29, 0.717) is 34.3 Å². The molecule has 7 heteroatoms. The second kappa shape index (κ2) is 6.01. The number of terminal acetylenes is 1. The van der Waals surface area contributed by atoms with Gasteiger partial charge < -0.3 is 4.74 Å². The van der Waals surface area contributed by atoms with Gasteiger partial charge in [0.2, 0.25) is 0 Å². The largest absolute Gasteiger partial charge is 0.482 e. The van der Waals surface area contributed by atoms with Gasteiger partial charge >= 0.3 is 0 Å². The van der Waals surface area contributed by atoms with Crippen LogP contribution in [0.15, 0.2) is 23.0 Å². The van der Waals surface area contributed by atoms with E-state index in [1.165, 1.54) is 4.90 Å². The lowest BCUT2D eigenvalue weighted by Gasteiger charge is -2.28. The normalized spacial score (nSPS) is 16.0. The molecular formula is C18H16ClN3O3. The third kappa shape index (κ3) is 2.43. The maximum atomic E-state index is 12.8. The number of anilines is 1. The highest BCUT2D eigenvalue weighted by atomic mass is 35.5. The molecule has 2 aliphatic rings. The first-order valence-electron chi connectivity index (χ1n) is 8.12. The second-order valence-electron chi connectivity index (χ2n) is 6.08. The van der Waals surface area contributed by atoms with Crippen molar-refractivity contribution >= 4 is 23.2 Å². The van der Waals surface area contributed by atoms with Crippen molar-refractivity contribution in [3.8, 4) is 29.2 Å². The van der Waals surface area contributed by atoms with E-state index in [1.54, 1.807) is 22.9 Å². The summed E-state index contributed by atoms with van der Waals surface area (Å²) >= 11 is 6.49. The summed E-state index contributed by atoms with van der Waals surface area (Å²) in [4.78, 5) is 26.4. The van der Waals surface area contributed by atoms with E-state index >= 15 is 0 Å². The van der Waals surface area contributed by atoms with E-state index in [9.17, 15) is 9.59 Å². The molecule has 25 heavy (non-hydrogen) atoms. The number of halogens is 1. The molecule has 1 aromatic heterocycles. The van der Waals surface area contributed by atoms with Gasteiger partial charge in [-0.3, -0.25) is 19.2 Å². The van der Waals surface area contributed by atoms with Gasteiger partial charge in [-0.1, -0.05) is 23.6 Å². The maximum Gasteiger partial charge on any atom is 0.276 e. The first kappa shape index (κ1) is 15.9. The molecule has 2 aromatic rings. The van der Waals surface area contributed by atoms with Crippen LogP contribution < -0.4 is 15.2 Å². The number of ether oxygens (including phenoxy) is 1. The monoisotopic (exact) mass is 357 g/mol. The molecule has 0 unspecified atom stereocenters. The molecular weight excluding hydrogens is 342 g/mol. The molecule has 0 saturated carbocycles. The van der Waals surface area contributed by atoms with Crippen molar-refractivity contribution in [3.05, 3.63) is 33.7 Å². The van der Waals surface area contributed by atoms with Crippen molar-refractivity contribution in [3.63, 3.8) is 0 Å². The lowest BCUT2D eigenvalue weighted by atomic mass is 10.1. The predicted octanol–water partition coefficient (Wildman–Crippen LogP) is 2.12. The topological polar surface area (TPSA) is 56.5 Å². The Balaban J connectivity index is 1.86. The Bertz CT molecular complexity index is 967. The molecule has 0 bridgehead atoms. The highest BCUT2D eigenvalue weighted by Crippen LogP contribution is 2.37. The van der Waals surface area contributed by atoms with Crippen LogP contribution in [-0.2, 0) is 17.9 Å². The number of hydrogen-bond acceptors (Lipinski definition) is 3. The first-order chi connectivity index (χ1) is 12.1. The molecule has 2 aliphatic heterocycles. The Labute approximate surface area is 149 Å². The smallest absolute Gasteiger partial charge is 0.276 e. The minimum absolute atomic E-state index is 0.0437. The number of benzene rings is 1. The van der Waals surface area contributed by atoms with E-state index in [4.69, 9.17) is 22.8 Å². The summed E-state index contributed by atoms with van der Waals surface area (Å²) < 4.78 is 8.97. The number of amides is 1. The number of nitrogens with zero attached hydrogens (tertiary/aromatic N) is 3. The summed E-state index contributed by atoms with van der Waals surface area (Å²) in [6.07, 6.45) is 7.34. The molecule has 128 valence electrons. The van der Waals surface area contributed by atoms with E-state index in [2.05, 4.69) is 5.92 Å². The molecule has 0 radical (unpaired) electrons. The lowest BCUT2D eigenvalue weighted by molar-refractivity contribution is -0.121.